The molecule has 1 aromatic rings. The molecule has 0 atom stereocenters. The topological polar surface area (TPSA) is 12.5 Å². The van der Waals surface area contributed by atoms with E-state index in [9.17, 15) is 0 Å². The van der Waals surface area contributed by atoms with Crippen molar-refractivity contribution >= 4 is 0 Å². The van der Waals surface area contributed by atoms with Crippen LogP contribution in [0.15, 0.2) is 12.1 Å². The molecule has 0 aromatic heterocycles. The van der Waals surface area contributed by atoms with Gasteiger partial charge in [-0.15, -0.1) is 0 Å². The number of rotatable bonds is 5. The molecule has 0 aliphatic heterocycles. The molecule has 0 aliphatic carbocycles. The fraction of sp³-hybridized carbons (Fsp3) is 0.600. The predicted molar refractivity (Wildman–Crippen MR) is 73.9 cm³/mol. The molecule has 2 nitrogen and oxygen atoms in total. The van der Waals surface area contributed by atoms with Crippen LogP contribution in [0.1, 0.15) is 30.5 Å². The summed E-state index contributed by atoms with van der Waals surface area (Å²) < 4.78 is 5.38. The van der Waals surface area contributed by atoms with Crippen LogP contribution in [0.4, 0.5) is 0 Å². The Morgan fingerprint density at radius 3 is 2.12 bits per heavy atom. The van der Waals surface area contributed by atoms with Gasteiger partial charge >= 0.3 is 0 Å². The van der Waals surface area contributed by atoms with Crippen molar-refractivity contribution in [2.24, 2.45) is 0 Å². The highest BCUT2D eigenvalue weighted by molar-refractivity contribution is 5.43. The number of aryl methyl sites for hydroxylation is 2. The van der Waals surface area contributed by atoms with Crippen molar-refractivity contribution in [3.05, 3.63) is 28.8 Å². The minimum Gasteiger partial charge on any atom is -0.496 e. The molecule has 0 bridgehead atoms. The summed E-state index contributed by atoms with van der Waals surface area (Å²) in [6.07, 6.45) is 1.10. The molecule has 0 saturated carbocycles. The van der Waals surface area contributed by atoms with Gasteiger partial charge in [0.25, 0.3) is 0 Å². The second-order valence-electron chi connectivity index (χ2n) is 5.09. The molecule has 0 heterocycles. The van der Waals surface area contributed by atoms with Crippen LogP contribution in [0.25, 0.3) is 0 Å². The number of ether oxygens (including phenoxy) is 1. The fourth-order valence-electron chi connectivity index (χ4n) is 2.07. The monoisotopic (exact) mass is 235 g/mol. The third-order valence-corrected chi connectivity index (χ3v) is 3.36. The minimum atomic E-state index is 0.607. The molecule has 1 rings (SSSR count). The molecule has 2 heteroatoms. The van der Waals surface area contributed by atoms with Gasteiger partial charge in [-0.1, -0.05) is 12.1 Å². The van der Waals surface area contributed by atoms with Crippen molar-refractivity contribution in [3.8, 4) is 5.75 Å². The number of hydrogen-bond acceptors (Lipinski definition) is 2. The molecule has 96 valence electrons. The summed E-state index contributed by atoms with van der Waals surface area (Å²) in [7, 11) is 3.91. The molecule has 0 unspecified atom stereocenters. The summed E-state index contributed by atoms with van der Waals surface area (Å²) in [5, 5.41) is 0. The first-order valence-electron chi connectivity index (χ1n) is 6.30. The maximum atomic E-state index is 5.38. The van der Waals surface area contributed by atoms with Gasteiger partial charge in [0, 0.05) is 12.6 Å². The van der Waals surface area contributed by atoms with Gasteiger partial charge in [-0.2, -0.15) is 0 Å². The van der Waals surface area contributed by atoms with E-state index in [-0.39, 0.29) is 0 Å². The second kappa shape index (κ2) is 6.06. The molecule has 0 fully saturated rings. The van der Waals surface area contributed by atoms with Gasteiger partial charge in [-0.3, -0.25) is 0 Å². The zero-order valence-corrected chi connectivity index (χ0v) is 12.0. The molecule has 0 saturated heterocycles. The Labute approximate surface area is 106 Å². The van der Waals surface area contributed by atoms with Crippen molar-refractivity contribution < 1.29 is 4.74 Å². The van der Waals surface area contributed by atoms with E-state index in [1.54, 1.807) is 7.11 Å². The number of hydrogen-bond donors (Lipinski definition) is 0. The SMILES string of the molecule is COc1c(C)cc(CCN(C)C(C)C)cc1C. The van der Waals surface area contributed by atoms with Gasteiger partial charge < -0.3 is 9.64 Å². The van der Waals surface area contributed by atoms with Crippen LogP contribution in [-0.2, 0) is 6.42 Å². The minimum absolute atomic E-state index is 0.607. The molecular formula is C15H25NO. The highest BCUT2D eigenvalue weighted by atomic mass is 16.5. The zero-order chi connectivity index (χ0) is 13.0. The Morgan fingerprint density at radius 1 is 1.18 bits per heavy atom. The highest BCUT2D eigenvalue weighted by Crippen LogP contribution is 2.24. The van der Waals surface area contributed by atoms with Crippen LogP contribution in [-0.4, -0.2) is 31.6 Å². The summed E-state index contributed by atoms with van der Waals surface area (Å²) in [6, 6.07) is 5.08. The van der Waals surface area contributed by atoms with Crippen LogP contribution >= 0.6 is 0 Å². The normalized spacial score (nSPS) is 11.3. The van der Waals surface area contributed by atoms with Gasteiger partial charge in [-0.25, -0.2) is 0 Å². The number of nitrogens with zero attached hydrogens (tertiary/aromatic N) is 1. The van der Waals surface area contributed by atoms with Crippen LogP contribution in [0.2, 0.25) is 0 Å². The van der Waals surface area contributed by atoms with Crippen molar-refractivity contribution in [3.63, 3.8) is 0 Å². The zero-order valence-electron chi connectivity index (χ0n) is 12.0. The Hall–Kier alpha value is -1.02. The molecule has 0 radical (unpaired) electrons. The molecule has 17 heavy (non-hydrogen) atoms. The maximum absolute atomic E-state index is 5.38. The Morgan fingerprint density at radius 2 is 1.71 bits per heavy atom. The van der Waals surface area contributed by atoms with Crippen molar-refractivity contribution in [2.75, 3.05) is 20.7 Å². The third-order valence-electron chi connectivity index (χ3n) is 3.36. The number of methoxy groups -OCH3 is 1. The van der Waals surface area contributed by atoms with Gasteiger partial charge in [0.1, 0.15) is 5.75 Å². The van der Waals surface area contributed by atoms with Crippen LogP contribution < -0.4 is 4.74 Å². The standard InChI is InChI=1S/C15H25NO/c1-11(2)16(5)8-7-14-9-12(3)15(17-6)13(4)10-14/h9-11H,7-8H2,1-6H3. The van der Waals surface area contributed by atoms with Gasteiger partial charge in [0.15, 0.2) is 0 Å². The van der Waals surface area contributed by atoms with Gasteiger partial charge in [-0.05, 0) is 57.9 Å². The van der Waals surface area contributed by atoms with Gasteiger partial charge in [0.05, 0.1) is 7.11 Å². The van der Waals surface area contributed by atoms with E-state index in [4.69, 9.17) is 4.74 Å². The summed E-state index contributed by atoms with van der Waals surface area (Å²) in [6.45, 7) is 9.78. The average Bonchev–Trinajstić information content (AvgIpc) is 2.25. The van der Waals surface area contributed by atoms with E-state index in [1.165, 1.54) is 16.7 Å². The molecule has 0 aliphatic rings. The summed E-state index contributed by atoms with van der Waals surface area (Å²) in [5.41, 5.74) is 3.86. The van der Waals surface area contributed by atoms with Crippen LogP contribution in [0.3, 0.4) is 0 Å². The third kappa shape index (κ3) is 3.74. The first-order chi connectivity index (χ1) is 7.95. The van der Waals surface area contributed by atoms with E-state index in [0.717, 1.165) is 18.7 Å². The predicted octanol–water partition coefficient (Wildman–Crippen LogP) is 3.19. The lowest BCUT2D eigenvalue weighted by molar-refractivity contribution is 0.277. The van der Waals surface area contributed by atoms with E-state index in [0.29, 0.717) is 6.04 Å². The molecule has 0 spiro atoms. The van der Waals surface area contributed by atoms with E-state index in [2.05, 4.69) is 51.8 Å². The molecule has 1 aromatic carbocycles. The van der Waals surface area contributed by atoms with E-state index in [1.807, 2.05) is 0 Å². The first kappa shape index (κ1) is 14.0. The van der Waals surface area contributed by atoms with Crippen molar-refractivity contribution in [1.29, 1.82) is 0 Å². The largest absolute Gasteiger partial charge is 0.496 e. The summed E-state index contributed by atoms with van der Waals surface area (Å²) in [4.78, 5) is 2.37. The number of benzene rings is 1. The smallest absolute Gasteiger partial charge is 0.124 e. The Balaban J connectivity index is 2.73. The highest BCUT2D eigenvalue weighted by Gasteiger charge is 2.07. The Kier molecular flexibility index (Phi) is 5.01. The summed E-state index contributed by atoms with van der Waals surface area (Å²) >= 11 is 0. The lowest BCUT2D eigenvalue weighted by atomic mass is 10.0. The van der Waals surface area contributed by atoms with Crippen LogP contribution in [0, 0.1) is 13.8 Å². The lowest BCUT2D eigenvalue weighted by Gasteiger charge is -2.21. The van der Waals surface area contributed by atoms with Crippen LogP contribution in [0.5, 0.6) is 5.75 Å². The lowest BCUT2D eigenvalue weighted by Crippen LogP contribution is -2.28. The fourth-order valence-corrected chi connectivity index (χ4v) is 2.07. The van der Waals surface area contributed by atoms with E-state index < -0.39 is 0 Å². The molecule has 0 amide bonds. The summed E-state index contributed by atoms with van der Waals surface area (Å²) in [5.74, 6) is 1.02. The second-order valence-corrected chi connectivity index (χ2v) is 5.09. The Bertz CT molecular complexity index is 348. The molecular weight excluding hydrogens is 210 g/mol. The average molecular weight is 235 g/mol. The van der Waals surface area contributed by atoms with Gasteiger partial charge in [0.2, 0.25) is 0 Å². The molecule has 0 N–H and O–H groups in total. The van der Waals surface area contributed by atoms with Crippen molar-refractivity contribution in [2.45, 2.75) is 40.2 Å². The van der Waals surface area contributed by atoms with Crippen molar-refractivity contribution in [1.82, 2.24) is 4.90 Å². The number of likely N-dealkylation sites (N-methyl/N-ethyl adjacent to an activating group) is 1. The maximum Gasteiger partial charge on any atom is 0.124 e. The first-order valence-corrected chi connectivity index (χ1v) is 6.30. The quantitative estimate of drug-likeness (QED) is 0.777. The van der Waals surface area contributed by atoms with E-state index >= 15 is 0 Å².